The van der Waals surface area contributed by atoms with Gasteiger partial charge < -0.3 is 9.72 Å². The van der Waals surface area contributed by atoms with Crippen LogP contribution in [0.5, 0.6) is 0 Å². The van der Waals surface area contributed by atoms with Crippen LogP contribution in [0.2, 0.25) is 0 Å². The molecule has 1 heterocycles. The number of carbonyl (C=O) groups is 1. The second-order valence-corrected chi connectivity index (χ2v) is 3.60. The lowest BCUT2D eigenvalue weighted by Gasteiger charge is -2.03. The summed E-state index contributed by atoms with van der Waals surface area (Å²) in [6, 6.07) is 5.09. The molecule has 5 nitrogen and oxygen atoms in total. The molecule has 0 saturated heterocycles. The fourth-order valence-corrected chi connectivity index (χ4v) is 2.02. The van der Waals surface area contributed by atoms with E-state index in [1.165, 1.54) is 11.7 Å². The number of benzene rings is 1. The molecule has 16 heavy (non-hydrogen) atoms. The van der Waals surface area contributed by atoms with Gasteiger partial charge in [-0.2, -0.15) is 0 Å². The van der Waals surface area contributed by atoms with E-state index >= 15 is 0 Å². The molecule has 1 aromatic carbocycles. The molecule has 1 aromatic heterocycles. The van der Waals surface area contributed by atoms with Crippen molar-refractivity contribution in [3.63, 3.8) is 0 Å². The average molecular weight is 238 g/mol. The third kappa shape index (κ3) is 1.53. The van der Waals surface area contributed by atoms with Crippen LogP contribution in [0.25, 0.3) is 11.0 Å². The van der Waals surface area contributed by atoms with Crippen molar-refractivity contribution >= 4 is 26.2 Å². The van der Waals surface area contributed by atoms with Gasteiger partial charge in [0.05, 0.1) is 23.7 Å². The molecule has 2 rings (SSSR count). The molecule has 6 heteroatoms. The Balaban J connectivity index is 2.84. The Bertz CT molecular complexity index is 600. The largest absolute Gasteiger partial charge is 0.465 e. The molecule has 0 radical (unpaired) electrons. The average Bonchev–Trinajstić information content (AvgIpc) is 2.63. The molecular weight excluding hydrogens is 227 g/mol. The molecule has 1 atom stereocenters. The highest BCUT2D eigenvalue weighted by Crippen LogP contribution is 2.17. The lowest BCUT2D eigenvalue weighted by Crippen LogP contribution is -2.15. The Labute approximate surface area is 93.6 Å². The van der Waals surface area contributed by atoms with E-state index in [2.05, 4.69) is 19.0 Å². The summed E-state index contributed by atoms with van der Waals surface area (Å²) in [5.74, 6) is -0.447. The second kappa shape index (κ2) is 4.10. The van der Waals surface area contributed by atoms with Gasteiger partial charge in [0.1, 0.15) is 0 Å². The summed E-state index contributed by atoms with van der Waals surface area (Å²) in [5.41, 5.74) is 1.37. The number of nitrogens with zero attached hydrogens (tertiary/aromatic N) is 1. The van der Waals surface area contributed by atoms with E-state index in [1.54, 1.807) is 18.2 Å². The maximum atomic E-state index is 11.6. The Kier molecular flexibility index (Phi) is 2.79. The van der Waals surface area contributed by atoms with Crippen LogP contribution in [-0.4, -0.2) is 22.6 Å². The molecule has 0 amide bonds. The van der Waals surface area contributed by atoms with Crippen LogP contribution in [0.15, 0.2) is 23.0 Å². The molecule has 0 saturated carbocycles. The Morgan fingerprint density at radius 2 is 2.31 bits per heavy atom. The summed E-state index contributed by atoms with van der Waals surface area (Å²) < 4.78 is 6.16. The van der Waals surface area contributed by atoms with Gasteiger partial charge in [0.25, 0.3) is 0 Å². The van der Waals surface area contributed by atoms with Crippen molar-refractivity contribution in [1.82, 2.24) is 9.55 Å². The highest BCUT2D eigenvalue weighted by molar-refractivity contribution is 7.15. The van der Waals surface area contributed by atoms with Crippen molar-refractivity contribution in [2.75, 3.05) is 7.11 Å². The van der Waals surface area contributed by atoms with E-state index in [0.717, 1.165) is 0 Å². The standard InChI is InChI=1S/C10H11N2O3P/c1-15-9(13)6-3-2-4-7-8(6)12(5-16)10(14)11-7/h2-4H,5,16H2,1H3,(H,11,14). The zero-order chi connectivity index (χ0) is 11.7. The minimum Gasteiger partial charge on any atom is -0.465 e. The lowest BCUT2D eigenvalue weighted by atomic mass is 10.2. The van der Waals surface area contributed by atoms with Crippen molar-refractivity contribution in [3.05, 3.63) is 34.2 Å². The van der Waals surface area contributed by atoms with Crippen LogP contribution in [0.1, 0.15) is 10.4 Å². The number of fused-ring (bicyclic) bond motifs is 1. The first-order chi connectivity index (χ1) is 7.69. The first-order valence-corrected chi connectivity index (χ1v) is 5.50. The molecule has 84 valence electrons. The van der Waals surface area contributed by atoms with Gasteiger partial charge in [-0.25, -0.2) is 9.59 Å². The smallest absolute Gasteiger partial charge is 0.340 e. The first kappa shape index (κ1) is 10.9. The van der Waals surface area contributed by atoms with Gasteiger partial charge in [-0.15, -0.1) is 9.24 Å². The molecule has 0 fully saturated rings. The van der Waals surface area contributed by atoms with E-state index in [9.17, 15) is 9.59 Å². The van der Waals surface area contributed by atoms with E-state index < -0.39 is 5.97 Å². The van der Waals surface area contributed by atoms with E-state index in [0.29, 0.717) is 22.9 Å². The van der Waals surface area contributed by atoms with Crippen molar-refractivity contribution in [2.24, 2.45) is 0 Å². The predicted octanol–water partition coefficient (Wildman–Crippen LogP) is 0.949. The van der Waals surface area contributed by atoms with E-state index in [4.69, 9.17) is 0 Å². The summed E-state index contributed by atoms with van der Waals surface area (Å²) in [6.45, 7) is 0. The summed E-state index contributed by atoms with van der Waals surface area (Å²) in [4.78, 5) is 25.8. The number of carbonyl (C=O) groups excluding carboxylic acids is 1. The zero-order valence-electron chi connectivity index (χ0n) is 8.69. The molecule has 0 spiro atoms. The number of hydrogen-bond acceptors (Lipinski definition) is 3. The molecule has 0 bridgehead atoms. The van der Waals surface area contributed by atoms with Gasteiger partial charge in [-0.3, -0.25) is 4.57 Å². The summed E-state index contributed by atoms with van der Waals surface area (Å²) in [6.07, 6.45) is 0.423. The van der Waals surface area contributed by atoms with E-state index in [1.807, 2.05) is 0 Å². The quantitative estimate of drug-likeness (QED) is 0.625. The second-order valence-electron chi connectivity index (χ2n) is 3.23. The number of imidazole rings is 1. The number of aromatic amines is 1. The van der Waals surface area contributed by atoms with Crippen molar-refractivity contribution < 1.29 is 9.53 Å². The van der Waals surface area contributed by atoms with Crippen LogP contribution in [0, 0.1) is 0 Å². The monoisotopic (exact) mass is 238 g/mol. The van der Waals surface area contributed by atoms with Crippen LogP contribution in [0.4, 0.5) is 0 Å². The number of H-pyrrole nitrogens is 1. The SMILES string of the molecule is COC(=O)c1cccc2[nH]c(=O)n(CP)c12. The predicted molar refractivity (Wildman–Crippen MR) is 63.6 cm³/mol. The Morgan fingerprint density at radius 3 is 2.94 bits per heavy atom. The Morgan fingerprint density at radius 1 is 1.56 bits per heavy atom. The zero-order valence-corrected chi connectivity index (χ0v) is 9.84. The highest BCUT2D eigenvalue weighted by Gasteiger charge is 2.15. The van der Waals surface area contributed by atoms with Crippen molar-refractivity contribution in [3.8, 4) is 0 Å². The number of esters is 1. The van der Waals surface area contributed by atoms with Crippen LogP contribution >= 0.6 is 9.24 Å². The number of ether oxygens (including phenoxy) is 1. The number of rotatable bonds is 2. The number of nitrogens with one attached hydrogen (secondary N) is 1. The third-order valence-corrected chi connectivity index (χ3v) is 2.75. The number of methoxy groups -OCH3 is 1. The molecule has 0 aliphatic heterocycles. The van der Waals surface area contributed by atoms with Gasteiger partial charge in [-0.1, -0.05) is 6.07 Å². The van der Waals surface area contributed by atoms with Gasteiger partial charge in [0, 0.05) is 6.29 Å². The maximum Gasteiger partial charge on any atom is 0.340 e. The minimum atomic E-state index is -0.447. The number of hydrogen-bond donors (Lipinski definition) is 1. The summed E-state index contributed by atoms with van der Waals surface area (Å²) in [7, 11) is 3.77. The van der Waals surface area contributed by atoms with E-state index in [-0.39, 0.29) is 5.69 Å². The van der Waals surface area contributed by atoms with Crippen LogP contribution in [-0.2, 0) is 11.0 Å². The Hall–Kier alpha value is -1.61. The lowest BCUT2D eigenvalue weighted by molar-refractivity contribution is 0.0602. The summed E-state index contributed by atoms with van der Waals surface area (Å²) in [5, 5.41) is 0. The molecular formula is C10H11N2O3P. The maximum absolute atomic E-state index is 11.6. The molecule has 0 aliphatic carbocycles. The number of para-hydroxylation sites is 1. The van der Waals surface area contributed by atoms with Gasteiger partial charge in [-0.05, 0) is 12.1 Å². The van der Waals surface area contributed by atoms with Gasteiger partial charge >= 0.3 is 11.7 Å². The minimum absolute atomic E-state index is 0.235. The first-order valence-electron chi connectivity index (χ1n) is 4.69. The van der Waals surface area contributed by atoms with Crippen molar-refractivity contribution in [1.29, 1.82) is 0 Å². The fourth-order valence-electron chi connectivity index (χ4n) is 1.67. The van der Waals surface area contributed by atoms with Crippen LogP contribution in [0.3, 0.4) is 0 Å². The van der Waals surface area contributed by atoms with Crippen LogP contribution < -0.4 is 5.69 Å². The molecule has 0 aliphatic rings. The van der Waals surface area contributed by atoms with Gasteiger partial charge in [0.15, 0.2) is 0 Å². The van der Waals surface area contributed by atoms with Crippen molar-refractivity contribution in [2.45, 2.75) is 6.29 Å². The topological polar surface area (TPSA) is 64.1 Å². The van der Waals surface area contributed by atoms with Gasteiger partial charge in [0.2, 0.25) is 0 Å². The summed E-state index contributed by atoms with van der Waals surface area (Å²) >= 11 is 0. The molecule has 1 unspecified atom stereocenters. The third-order valence-electron chi connectivity index (χ3n) is 2.38. The number of aromatic nitrogens is 2. The molecule has 1 N–H and O–H groups in total. The highest BCUT2D eigenvalue weighted by atomic mass is 31.0. The normalized spacial score (nSPS) is 10.6. The fraction of sp³-hybridized carbons (Fsp3) is 0.200. The molecule has 2 aromatic rings.